The van der Waals surface area contributed by atoms with Crippen molar-refractivity contribution in [1.29, 1.82) is 5.26 Å². The molecule has 33 heavy (non-hydrogen) atoms. The first kappa shape index (κ1) is 22.9. The lowest BCUT2D eigenvalue weighted by atomic mass is 10.1. The summed E-state index contributed by atoms with van der Waals surface area (Å²) in [6.45, 7) is 8.33. The van der Waals surface area contributed by atoms with Gasteiger partial charge in [0.15, 0.2) is 0 Å². The van der Waals surface area contributed by atoms with Gasteiger partial charge in [-0.1, -0.05) is 6.07 Å². The Morgan fingerprint density at radius 2 is 2.03 bits per heavy atom. The number of carbonyl (C=O) groups is 1. The van der Waals surface area contributed by atoms with E-state index >= 15 is 0 Å². The molecule has 174 valence electrons. The van der Waals surface area contributed by atoms with E-state index in [1.165, 1.54) is 0 Å². The molecule has 7 heteroatoms. The number of anilines is 1. The quantitative estimate of drug-likeness (QED) is 0.499. The maximum absolute atomic E-state index is 13.1. The number of ether oxygens (including phenoxy) is 2. The zero-order valence-electron chi connectivity index (χ0n) is 19.7. The molecule has 2 aliphatic heterocycles. The number of hydrogen-bond donors (Lipinski definition) is 0. The van der Waals surface area contributed by atoms with Crippen molar-refractivity contribution in [2.24, 2.45) is 0 Å². The lowest BCUT2D eigenvalue weighted by Gasteiger charge is -2.36. The number of amides is 1. The van der Waals surface area contributed by atoms with Gasteiger partial charge in [0.05, 0.1) is 13.2 Å². The molecule has 1 aromatic heterocycles. The van der Waals surface area contributed by atoms with E-state index in [9.17, 15) is 10.1 Å². The summed E-state index contributed by atoms with van der Waals surface area (Å²) in [5, 5.41) is 9.76. The van der Waals surface area contributed by atoms with Crippen LogP contribution in [0.15, 0.2) is 35.9 Å². The molecule has 2 saturated heterocycles. The molecule has 2 aromatic rings. The smallest absolute Gasteiger partial charge is 0.264 e. The Morgan fingerprint density at radius 3 is 2.70 bits per heavy atom. The molecule has 1 aromatic carbocycles. The van der Waals surface area contributed by atoms with Gasteiger partial charge in [-0.15, -0.1) is 0 Å². The largest absolute Gasteiger partial charge is 0.497 e. The van der Waals surface area contributed by atoms with E-state index in [-0.39, 0.29) is 17.6 Å². The topological polar surface area (TPSA) is 70.7 Å². The summed E-state index contributed by atoms with van der Waals surface area (Å²) >= 11 is 0. The summed E-state index contributed by atoms with van der Waals surface area (Å²) in [6.07, 6.45) is 4.16. The lowest BCUT2D eigenvalue weighted by Crippen LogP contribution is -2.49. The zero-order chi connectivity index (χ0) is 23.4. The van der Waals surface area contributed by atoms with Gasteiger partial charge in [-0.05, 0) is 56.5 Å². The molecule has 3 heterocycles. The van der Waals surface area contributed by atoms with E-state index in [0.717, 1.165) is 54.4 Å². The van der Waals surface area contributed by atoms with Crippen molar-refractivity contribution in [2.45, 2.75) is 39.3 Å². The minimum atomic E-state index is -0.202. The van der Waals surface area contributed by atoms with Crippen LogP contribution in [0.5, 0.6) is 5.75 Å². The maximum atomic E-state index is 13.1. The van der Waals surface area contributed by atoms with Crippen LogP contribution in [-0.4, -0.2) is 61.4 Å². The molecule has 0 saturated carbocycles. The number of piperazine rings is 1. The summed E-state index contributed by atoms with van der Waals surface area (Å²) in [7, 11) is 1.66. The van der Waals surface area contributed by atoms with Crippen molar-refractivity contribution in [2.75, 3.05) is 44.8 Å². The van der Waals surface area contributed by atoms with Crippen molar-refractivity contribution in [3.05, 3.63) is 52.9 Å². The zero-order valence-corrected chi connectivity index (χ0v) is 19.7. The van der Waals surface area contributed by atoms with Crippen molar-refractivity contribution in [3.63, 3.8) is 0 Å². The van der Waals surface area contributed by atoms with Crippen LogP contribution in [0.2, 0.25) is 0 Å². The molecule has 0 spiro atoms. The fourth-order valence-electron chi connectivity index (χ4n) is 4.69. The predicted molar refractivity (Wildman–Crippen MR) is 128 cm³/mol. The number of aryl methyl sites for hydroxylation is 1. The number of methoxy groups -OCH3 is 1. The number of aromatic nitrogens is 1. The van der Waals surface area contributed by atoms with Gasteiger partial charge in [0.1, 0.15) is 17.4 Å². The summed E-state index contributed by atoms with van der Waals surface area (Å²) < 4.78 is 13.3. The van der Waals surface area contributed by atoms with Crippen molar-refractivity contribution in [1.82, 2.24) is 9.47 Å². The normalized spacial score (nSPS) is 19.0. The second-order valence-corrected chi connectivity index (χ2v) is 8.72. The Balaban J connectivity index is 1.44. The van der Waals surface area contributed by atoms with Gasteiger partial charge in [0.2, 0.25) is 0 Å². The first-order valence-electron chi connectivity index (χ1n) is 11.6. The van der Waals surface area contributed by atoms with Crippen LogP contribution in [0.3, 0.4) is 0 Å². The van der Waals surface area contributed by atoms with E-state index in [4.69, 9.17) is 9.47 Å². The number of benzene rings is 1. The fourth-order valence-corrected chi connectivity index (χ4v) is 4.69. The van der Waals surface area contributed by atoms with E-state index in [0.29, 0.717) is 26.2 Å². The van der Waals surface area contributed by atoms with Gasteiger partial charge in [-0.3, -0.25) is 4.79 Å². The van der Waals surface area contributed by atoms with Crippen molar-refractivity contribution >= 4 is 17.7 Å². The molecule has 0 bridgehead atoms. The van der Waals surface area contributed by atoms with E-state index in [2.05, 4.69) is 28.5 Å². The predicted octanol–water partition coefficient (Wildman–Crippen LogP) is 3.55. The van der Waals surface area contributed by atoms with Gasteiger partial charge in [-0.2, -0.15) is 5.26 Å². The molecule has 7 nitrogen and oxygen atoms in total. The summed E-state index contributed by atoms with van der Waals surface area (Å²) in [4.78, 5) is 17.1. The van der Waals surface area contributed by atoms with Gasteiger partial charge in [-0.25, -0.2) is 0 Å². The van der Waals surface area contributed by atoms with E-state index in [1.807, 2.05) is 31.2 Å². The van der Waals surface area contributed by atoms with Crippen molar-refractivity contribution < 1.29 is 14.3 Å². The van der Waals surface area contributed by atoms with Crippen LogP contribution in [0.1, 0.15) is 29.8 Å². The van der Waals surface area contributed by atoms with E-state index in [1.54, 1.807) is 18.1 Å². The number of nitriles is 1. The highest BCUT2D eigenvalue weighted by atomic mass is 16.5. The standard InChI is InChI=1S/C26H32N4O3/c1-19-14-21(20(2)30(19)18-25-8-5-13-33-25)15-22(17-27)26(31)29-11-9-28(10-12-29)23-6-4-7-24(16-23)32-3/h4,6-7,14-16,25H,5,8-13,18H2,1-3H3. The summed E-state index contributed by atoms with van der Waals surface area (Å²) in [5.74, 6) is 0.615. The fraction of sp³-hybridized carbons (Fsp3) is 0.462. The molecule has 2 fully saturated rings. The third-order valence-electron chi connectivity index (χ3n) is 6.66. The van der Waals surface area contributed by atoms with Crippen LogP contribution in [-0.2, 0) is 16.1 Å². The minimum absolute atomic E-state index is 0.183. The average Bonchev–Trinajstić information content (AvgIpc) is 3.46. The molecular weight excluding hydrogens is 416 g/mol. The lowest BCUT2D eigenvalue weighted by molar-refractivity contribution is -0.126. The first-order chi connectivity index (χ1) is 16.0. The molecule has 1 unspecified atom stereocenters. The third kappa shape index (κ3) is 5.07. The highest BCUT2D eigenvalue weighted by Crippen LogP contribution is 2.24. The summed E-state index contributed by atoms with van der Waals surface area (Å²) in [5.41, 5.74) is 4.36. The van der Waals surface area contributed by atoms with Gasteiger partial charge >= 0.3 is 0 Å². The molecule has 4 rings (SSSR count). The Morgan fingerprint density at radius 1 is 1.24 bits per heavy atom. The average molecular weight is 449 g/mol. The Hall–Kier alpha value is -3.24. The van der Waals surface area contributed by atoms with Crippen LogP contribution < -0.4 is 9.64 Å². The monoisotopic (exact) mass is 448 g/mol. The van der Waals surface area contributed by atoms with Gasteiger partial charge in [0, 0.05) is 62.5 Å². The van der Waals surface area contributed by atoms with E-state index < -0.39 is 0 Å². The number of rotatable bonds is 6. The highest BCUT2D eigenvalue weighted by molar-refractivity contribution is 6.02. The highest BCUT2D eigenvalue weighted by Gasteiger charge is 2.25. The number of nitrogens with zero attached hydrogens (tertiary/aromatic N) is 4. The molecule has 1 atom stereocenters. The molecular formula is C26H32N4O3. The minimum Gasteiger partial charge on any atom is -0.497 e. The third-order valence-corrected chi connectivity index (χ3v) is 6.66. The van der Waals surface area contributed by atoms with Crippen LogP contribution >= 0.6 is 0 Å². The molecule has 0 radical (unpaired) electrons. The molecule has 2 aliphatic rings. The van der Waals surface area contributed by atoms with Crippen LogP contribution in [0, 0.1) is 25.2 Å². The SMILES string of the molecule is COc1cccc(N2CCN(C(=O)C(C#N)=Cc3cc(C)n(CC4CCCO4)c3C)CC2)c1. The Labute approximate surface area is 195 Å². The van der Waals surface area contributed by atoms with Crippen molar-refractivity contribution in [3.8, 4) is 11.8 Å². The number of hydrogen-bond acceptors (Lipinski definition) is 5. The Bertz CT molecular complexity index is 1070. The first-order valence-corrected chi connectivity index (χ1v) is 11.6. The Kier molecular flexibility index (Phi) is 7.05. The summed E-state index contributed by atoms with van der Waals surface area (Å²) in [6, 6.07) is 12.1. The van der Waals surface area contributed by atoms with Crippen LogP contribution in [0.25, 0.3) is 6.08 Å². The second-order valence-electron chi connectivity index (χ2n) is 8.72. The van der Waals surface area contributed by atoms with Crippen LogP contribution in [0.4, 0.5) is 5.69 Å². The van der Waals surface area contributed by atoms with Gasteiger partial charge in [0.25, 0.3) is 5.91 Å². The maximum Gasteiger partial charge on any atom is 0.264 e. The number of carbonyl (C=O) groups excluding carboxylic acids is 1. The van der Waals surface area contributed by atoms with Gasteiger partial charge < -0.3 is 23.8 Å². The molecule has 0 N–H and O–H groups in total. The second kappa shape index (κ2) is 10.1. The molecule has 1 amide bonds. The molecule has 0 aliphatic carbocycles.